The lowest BCUT2D eigenvalue weighted by molar-refractivity contribution is -0.120. The minimum atomic E-state index is -3.33. The van der Waals surface area contributed by atoms with Gasteiger partial charge in [-0.1, -0.05) is 12.1 Å². The van der Waals surface area contributed by atoms with E-state index < -0.39 is 27.2 Å². The SMILES string of the molecule is C[C@H]1CCCS(=O)(=O)N1Cc1ccc(C2(C(N)=O)CC2)cc1F. The molecule has 1 aliphatic carbocycles. The lowest BCUT2D eigenvalue weighted by Crippen LogP contribution is -2.43. The molecule has 1 saturated heterocycles. The fourth-order valence-corrected chi connectivity index (χ4v) is 5.05. The molecule has 0 aromatic heterocycles. The van der Waals surface area contributed by atoms with Gasteiger partial charge in [0.05, 0.1) is 11.2 Å². The summed E-state index contributed by atoms with van der Waals surface area (Å²) in [7, 11) is -3.33. The number of nitrogens with zero attached hydrogens (tertiary/aromatic N) is 1. The van der Waals surface area contributed by atoms with Crippen LogP contribution in [-0.4, -0.2) is 30.4 Å². The molecule has 1 aromatic carbocycles. The summed E-state index contributed by atoms with van der Waals surface area (Å²) < 4.78 is 40.2. The van der Waals surface area contributed by atoms with Crippen LogP contribution in [0.25, 0.3) is 0 Å². The Hall–Kier alpha value is -1.47. The van der Waals surface area contributed by atoms with Crippen molar-refractivity contribution in [1.29, 1.82) is 0 Å². The molecule has 23 heavy (non-hydrogen) atoms. The first kappa shape index (κ1) is 16.4. The van der Waals surface area contributed by atoms with E-state index in [2.05, 4.69) is 0 Å². The molecule has 126 valence electrons. The fourth-order valence-electron chi connectivity index (χ4n) is 3.29. The van der Waals surface area contributed by atoms with Crippen molar-refractivity contribution in [3.05, 3.63) is 35.1 Å². The second kappa shape index (κ2) is 5.56. The zero-order valence-electron chi connectivity index (χ0n) is 13.1. The molecule has 1 heterocycles. The summed E-state index contributed by atoms with van der Waals surface area (Å²) in [6, 6.07) is 4.46. The number of carbonyl (C=O) groups excluding carboxylic acids is 1. The predicted molar refractivity (Wildman–Crippen MR) is 84.5 cm³/mol. The van der Waals surface area contributed by atoms with E-state index in [4.69, 9.17) is 5.73 Å². The molecular formula is C16H21FN2O3S. The highest BCUT2D eigenvalue weighted by atomic mass is 32.2. The molecule has 7 heteroatoms. The van der Waals surface area contributed by atoms with Gasteiger partial charge in [-0.2, -0.15) is 4.31 Å². The lowest BCUT2D eigenvalue weighted by Gasteiger charge is -2.32. The summed E-state index contributed by atoms with van der Waals surface area (Å²) in [4.78, 5) is 11.5. The van der Waals surface area contributed by atoms with Crippen LogP contribution in [0.2, 0.25) is 0 Å². The number of amides is 1. The molecule has 0 bridgehead atoms. The van der Waals surface area contributed by atoms with Crippen LogP contribution in [0.1, 0.15) is 43.7 Å². The van der Waals surface area contributed by atoms with Crippen molar-refractivity contribution in [2.24, 2.45) is 5.73 Å². The van der Waals surface area contributed by atoms with Crippen LogP contribution in [-0.2, 0) is 26.8 Å². The number of benzene rings is 1. The molecule has 0 unspecified atom stereocenters. The van der Waals surface area contributed by atoms with E-state index in [1.807, 2.05) is 6.92 Å². The van der Waals surface area contributed by atoms with E-state index in [1.165, 1.54) is 10.4 Å². The molecular weight excluding hydrogens is 319 g/mol. The maximum atomic E-state index is 14.4. The average Bonchev–Trinajstić information content (AvgIpc) is 3.25. The van der Waals surface area contributed by atoms with Crippen molar-refractivity contribution in [3.63, 3.8) is 0 Å². The van der Waals surface area contributed by atoms with E-state index in [-0.39, 0.29) is 18.3 Å². The highest BCUT2D eigenvalue weighted by Crippen LogP contribution is 2.48. The molecule has 1 atom stereocenters. The maximum Gasteiger partial charge on any atom is 0.228 e. The van der Waals surface area contributed by atoms with Gasteiger partial charge in [0.1, 0.15) is 5.82 Å². The van der Waals surface area contributed by atoms with Crippen LogP contribution in [0.3, 0.4) is 0 Å². The molecule has 1 aromatic rings. The highest BCUT2D eigenvalue weighted by molar-refractivity contribution is 7.89. The van der Waals surface area contributed by atoms with Crippen LogP contribution < -0.4 is 5.73 Å². The number of hydrogen-bond donors (Lipinski definition) is 1. The van der Waals surface area contributed by atoms with Crippen LogP contribution in [0, 0.1) is 5.82 Å². The first-order valence-corrected chi connectivity index (χ1v) is 9.45. The van der Waals surface area contributed by atoms with Crippen LogP contribution in [0.15, 0.2) is 18.2 Å². The normalized spacial score (nSPS) is 25.9. The molecule has 2 fully saturated rings. The van der Waals surface area contributed by atoms with Gasteiger partial charge in [0.2, 0.25) is 15.9 Å². The number of carbonyl (C=O) groups is 1. The maximum absolute atomic E-state index is 14.4. The first-order chi connectivity index (χ1) is 10.8. The summed E-state index contributed by atoms with van der Waals surface area (Å²) in [5.41, 5.74) is 5.58. The minimum Gasteiger partial charge on any atom is -0.369 e. The number of nitrogens with two attached hydrogens (primary N) is 1. The largest absolute Gasteiger partial charge is 0.369 e. The lowest BCUT2D eigenvalue weighted by atomic mass is 9.94. The molecule has 5 nitrogen and oxygen atoms in total. The average molecular weight is 340 g/mol. The van der Waals surface area contributed by atoms with Crippen molar-refractivity contribution in [3.8, 4) is 0 Å². The van der Waals surface area contributed by atoms with Crippen molar-refractivity contribution in [1.82, 2.24) is 4.31 Å². The molecule has 0 spiro atoms. The van der Waals surface area contributed by atoms with Gasteiger partial charge in [-0.25, -0.2) is 12.8 Å². The third-order valence-corrected chi connectivity index (χ3v) is 7.03. The number of hydrogen-bond acceptors (Lipinski definition) is 3. The van der Waals surface area contributed by atoms with Gasteiger partial charge in [-0.3, -0.25) is 4.79 Å². The zero-order valence-corrected chi connectivity index (χ0v) is 13.9. The Morgan fingerprint density at radius 3 is 2.65 bits per heavy atom. The van der Waals surface area contributed by atoms with E-state index in [0.717, 1.165) is 6.42 Å². The van der Waals surface area contributed by atoms with Gasteiger partial charge in [0.15, 0.2) is 0 Å². The predicted octanol–water partition coefficient (Wildman–Crippen LogP) is 1.66. The third kappa shape index (κ3) is 2.87. The van der Waals surface area contributed by atoms with Crippen molar-refractivity contribution >= 4 is 15.9 Å². The second-order valence-corrected chi connectivity index (χ2v) is 8.65. The van der Waals surface area contributed by atoms with Crippen LogP contribution in [0.5, 0.6) is 0 Å². The van der Waals surface area contributed by atoms with Gasteiger partial charge >= 0.3 is 0 Å². The summed E-state index contributed by atoms with van der Waals surface area (Å²) in [5.74, 6) is -0.804. The van der Waals surface area contributed by atoms with E-state index >= 15 is 0 Å². The Morgan fingerprint density at radius 1 is 1.43 bits per heavy atom. The standard InChI is InChI=1S/C16H21FN2O3S/c1-11-3-2-8-23(21,22)19(11)10-12-4-5-13(9-14(12)17)16(6-7-16)15(18)20/h4-5,9,11H,2-3,6-8,10H2,1H3,(H2,18,20)/t11-/m0/s1. The van der Waals surface area contributed by atoms with Gasteiger partial charge in [-0.15, -0.1) is 0 Å². The van der Waals surface area contributed by atoms with Gasteiger partial charge < -0.3 is 5.73 Å². The highest BCUT2D eigenvalue weighted by Gasteiger charge is 2.50. The van der Waals surface area contributed by atoms with Crippen LogP contribution >= 0.6 is 0 Å². The molecule has 1 amide bonds. The van der Waals surface area contributed by atoms with E-state index in [1.54, 1.807) is 12.1 Å². The third-order valence-electron chi connectivity index (χ3n) is 5.03. The molecule has 1 saturated carbocycles. The second-order valence-electron chi connectivity index (χ2n) is 6.61. The van der Waals surface area contributed by atoms with Crippen LogP contribution in [0.4, 0.5) is 4.39 Å². The molecule has 2 N–H and O–H groups in total. The number of rotatable bonds is 4. The molecule has 2 aliphatic rings. The summed E-state index contributed by atoms with van der Waals surface area (Å²) >= 11 is 0. The summed E-state index contributed by atoms with van der Waals surface area (Å²) in [5, 5.41) is 0. The first-order valence-electron chi connectivity index (χ1n) is 7.85. The summed E-state index contributed by atoms with van der Waals surface area (Å²) in [6.45, 7) is 1.87. The summed E-state index contributed by atoms with van der Waals surface area (Å²) in [6.07, 6.45) is 2.70. The number of halogens is 1. The Balaban J connectivity index is 1.86. The molecule has 1 aliphatic heterocycles. The quantitative estimate of drug-likeness (QED) is 0.905. The van der Waals surface area contributed by atoms with Gasteiger partial charge in [0.25, 0.3) is 0 Å². The zero-order chi connectivity index (χ0) is 16.8. The van der Waals surface area contributed by atoms with E-state index in [9.17, 15) is 17.6 Å². The van der Waals surface area contributed by atoms with Gasteiger partial charge in [0, 0.05) is 18.2 Å². The smallest absolute Gasteiger partial charge is 0.228 e. The molecule has 3 rings (SSSR count). The number of sulfonamides is 1. The van der Waals surface area contributed by atoms with Crippen molar-refractivity contribution in [2.45, 2.75) is 50.6 Å². The Morgan fingerprint density at radius 2 is 2.13 bits per heavy atom. The van der Waals surface area contributed by atoms with Crippen molar-refractivity contribution < 1.29 is 17.6 Å². The van der Waals surface area contributed by atoms with E-state index in [0.29, 0.717) is 30.4 Å². The van der Waals surface area contributed by atoms with Gasteiger partial charge in [-0.05, 0) is 44.2 Å². The topological polar surface area (TPSA) is 80.5 Å². The Labute approximate surface area is 135 Å². The minimum absolute atomic E-state index is 0.0270. The Kier molecular flexibility index (Phi) is 3.96. The number of primary amides is 1. The fraction of sp³-hybridized carbons (Fsp3) is 0.562. The van der Waals surface area contributed by atoms with Crippen molar-refractivity contribution in [2.75, 3.05) is 5.75 Å². The Bertz CT molecular complexity index is 744. The molecule has 0 radical (unpaired) electrons. The monoisotopic (exact) mass is 340 g/mol.